The molecule has 0 saturated carbocycles. The summed E-state index contributed by atoms with van der Waals surface area (Å²) >= 11 is 1.66. The van der Waals surface area contributed by atoms with Crippen LogP contribution in [0, 0.1) is 0 Å². The first-order chi connectivity index (χ1) is 9.99. The molecule has 1 N–H and O–H groups in total. The molecule has 2 heterocycles. The second-order valence-corrected chi connectivity index (χ2v) is 6.05. The van der Waals surface area contributed by atoms with Crippen molar-refractivity contribution in [1.82, 2.24) is 14.8 Å². The highest BCUT2D eigenvalue weighted by Crippen LogP contribution is 2.22. The normalized spacial score (nSPS) is 12.4. The largest absolute Gasteiger partial charge is 0.350 e. The number of amides is 1. The number of hydrogen-bond acceptors (Lipinski definition) is 4. The van der Waals surface area contributed by atoms with Gasteiger partial charge in [0.25, 0.3) is 11.5 Å². The fraction of sp³-hybridized carbons (Fsp3) is 0.333. The van der Waals surface area contributed by atoms with Gasteiger partial charge in [0.15, 0.2) is 0 Å². The maximum atomic E-state index is 12.1. The number of rotatable bonds is 5. The van der Waals surface area contributed by atoms with Crippen molar-refractivity contribution in [3.05, 3.63) is 56.6 Å². The van der Waals surface area contributed by atoms with E-state index in [-0.39, 0.29) is 17.5 Å². The molecule has 0 spiro atoms. The van der Waals surface area contributed by atoms with Crippen LogP contribution in [0.1, 0.15) is 21.3 Å². The van der Waals surface area contributed by atoms with E-state index in [0.29, 0.717) is 12.1 Å². The van der Waals surface area contributed by atoms with Gasteiger partial charge in [0.1, 0.15) is 0 Å². The van der Waals surface area contributed by atoms with Crippen LogP contribution in [0.5, 0.6) is 0 Å². The Balaban J connectivity index is 2.05. The molecule has 21 heavy (non-hydrogen) atoms. The molecule has 0 aliphatic heterocycles. The van der Waals surface area contributed by atoms with Gasteiger partial charge in [-0.25, -0.2) is 0 Å². The number of carbonyl (C=O) groups excluding carboxylic acids is 1. The van der Waals surface area contributed by atoms with Gasteiger partial charge in [-0.05, 0) is 31.6 Å². The lowest BCUT2D eigenvalue weighted by atomic mass is 10.2. The number of nitrogens with one attached hydrogen (secondary N) is 1. The summed E-state index contributed by atoms with van der Waals surface area (Å²) in [6.45, 7) is 0.502. The molecular weight excluding hydrogens is 286 g/mol. The highest BCUT2D eigenvalue weighted by atomic mass is 32.1. The number of thiophene rings is 1. The predicted molar refractivity (Wildman–Crippen MR) is 84.8 cm³/mol. The number of aromatic nitrogens is 1. The van der Waals surface area contributed by atoms with E-state index in [2.05, 4.69) is 16.3 Å². The van der Waals surface area contributed by atoms with Crippen molar-refractivity contribution in [3.63, 3.8) is 0 Å². The number of likely N-dealkylation sites (N-methyl/N-ethyl adjacent to an activating group) is 1. The van der Waals surface area contributed by atoms with Crippen molar-refractivity contribution < 1.29 is 4.79 Å². The number of pyridine rings is 1. The summed E-state index contributed by atoms with van der Waals surface area (Å²) in [5, 5.41) is 4.92. The monoisotopic (exact) mass is 305 g/mol. The lowest BCUT2D eigenvalue weighted by Crippen LogP contribution is -2.34. The zero-order valence-corrected chi connectivity index (χ0v) is 13.2. The predicted octanol–water partition coefficient (Wildman–Crippen LogP) is 1.48. The van der Waals surface area contributed by atoms with E-state index in [1.54, 1.807) is 30.6 Å². The Bertz CT molecular complexity index is 662. The molecule has 1 atom stereocenters. The summed E-state index contributed by atoms with van der Waals surface area (Å²) in [4.78, 5) is 26.9. The van der Waals surface area contributed by atoms with Crippen LogP contribution in [0.4, 0.5) is 0 Å². The standard InChI is InChI=1S/C15H19N3O2S/c1-17(2)12(13-5-4-8-21-13)10-16-15(20)11-6-7-18(3)14(19)9-11/h4-9,12H,10H2,1-3H3,(H,16,20)/t12-/m1/s1. The molecule has 2 aromatic heterocycles. The summed E-state index contributed by atoms with van der Waals surface area (Å²) in [5.74, 6) is -0.226. The van der Waals surface area contributed by atoms with Crippen molar-refractivity contribution in [2.75, 3.05) is 20.6 Å². The first-order valence-electron chi connectivity index (χ1n) is 6.63. The Morgan fingerprint density at radius 2 is 2.19 bits per heavy atom. The molecule has 5 nitrogen and oxygen atoms in total. The van der Waals surface area contributed by atoms with Crippen LogP contribution in [0.2, 0.25) is 0 Å². The number of carbonyl (C=O) groups is 1. The molecule has 0 radical (unpaired) electrons. The van der Waals surface area contributed by atoms with Gasteiger partial charge in [-0.3, -0.25) is 9.59 Å². The Kier molecular flexibility index (Phi) is 4.93. The van der Waals surface area contributed by atoms with E-state index in [1.165, 1.54) is 15.5 Å². The molecule has 2 rings (SSSR count). The van der Waals surface area contributed by atoms with E-state index in [4.69, 9.17) is 0 Å². The topological polar surface area (TPSA) is 54.3 Å². The van der Waals surface area contributed by atoms with Gasteiger partial charge in [0.2, 0.25) is 0 Å². The van der Waals surface area contributed by atoms with E-state index < -0.39 is 0 Å². The van der Waals surface area contributed by atoms with Gasteiger partial charge in [-0.2, -0.15) is 0 Å². The molecular formula is C15H19N3O2S. The van der Waals surface area contributed by atoms with Gasteiger partial charge in [0, 0.05) is 36.3 Å². The maximum Gasteiger partial charge on any atom is 0.251 e. The number of nitrogens with zero attached hydrogens (tertiary/aromatic N) is 2. The van der Waals surface area contributed by atoms with Gasteiger partial charge < -0.3 is 14.8 Å². The minimum atomic E-state index is -0.226. The SMILES string of the molecule is CN(C)[C@H](CNC(=O)c1ccn(C)c(=O)c1)c1cccs1. The molecule has 2 aromatic rings. The summed E-state index contributed by atoms with van der Waals surface area (Å²) in [5.41, 5.74) is 0.201. The Hall–Kier alpha value is -1.92. The van der Waals surface area contributed by atoms with Crippen molar-refractivity contribution in [1.29, 1.82) is 0 Å². The summed E-state index contributed by atoms with van der Waals surface area (Å²) in [7, 11) is 5.62. The van der Waals surface area contributed by atoms with Crippen LogP contribution in [0.15, 0.2) is 40.6 Å². The number of hydrogen-bond donors (Lipinski definition) is 1. The minimum absolute atomic E-state index is 0.125. The third-order valence-corrected chi connectivity index (χ3v) is 4.29. The van der Waals surface area contributed by atoms with Gasteiger partial charge in [-0.1, -0.05) is 6.07 Å². The van der Waals surface area contributed by atoms with Crippen molar-refractivity contribution in [2.24, 2.45) is 7.05 Å². The van der Waals surface area contributed by atoms with Gasteiger partial charge in [0.05, 0.1) is 6.04 Å². The fourth-order valence-electron chi connectivity index (χ4n) is 2.00. The molecule has 0 fully saturated rings. The van der Waals surface area contributed by atoms with Crippen LogP contribution in [0.3, 0.4) is 0 Å². The van der Waals surface area contributed by atoms with Crippen LogP contribution >= 0.6 is 11.3 Å². The molecule has 112 valence electrons. The lowest BCUT2D eigenvalue weighted by molar-refractivity contribution is 0.0942. The molecule has 0 aromatic carbocycles. The second kappa shape index (κ2) is 6.69. The molecule has 0 bridgehead atoms. The lowest BCUT2D eigenvalue weighted by Gasteiger charge is -2.23. The van der Waals surface area contributed by atoms with Gasteiger partial charge in [-0.15, -0.1) is 11.3 Å². The Labute approximate surface area is 127 Å². The first-order valence-corrected chi connectivity index (χ1v) is 7.51. The van der Waals surface area contributed by atoms with E-state index in [0.717, 1.165) is 0 Å². The molecule has 0 unspecified atom stereocenters. The Morgan fingerprint density at radius 1 is 1.43 bits per heavy atom. The van der Waals surface area contributed by atoms with E-state index >= 15 is 0 Å². The smallest absolute Gasteiger partial charge is 0.251 e. The van der Waals surface area contributed by atoms with Crippen LogP contribution in [-0.2, 0) is 7.05 Å². The minimum Gasteiger partial charge on any atom is -0.350 e. The van der Waals surface area contributed by atoms with Crippen molar-refractivity contribution in [3.8, 4) is 0 Å². The Morgan fingerprint density at radius 3 is 2.76 bits per heavy atom. The zero-order chi connectivity index (χ0) is 15.4. The number of aryl methyl sites for hydroxylation is 1. The van der Waals surface area contributed by atoms with Crippen molar-refractivity contribution >= 4 is 17.2 Å². The summed E-state index contributed by atoms with van der Waals surface area (Å²) < 4.78 is 1.44. The highest BCUT2D eigenvalue weighted by Gasteiger charge is 2.16. The first kappa shape index (κ1) is 15.5. The average molecular weight is 305 g/mol. The van der Waals surface area contributed by atoms with E-state index in [1.807, 2.05) is 25.5 Å². The summed E-state index contributed by atoms with van der Waals surface area (Å²) in [6, 6.07) is 7.18. The average Bonchev–Trinajstić information content (AvgIpc) is 2.95. The molecule has 6 heteroatoms. The third-order valence-electron chi connectivity index (χ3n) is 3.32. The van der Waals surface area contributed by atoms with E-state index in [9.17, 15) is 9.59 Å². The summed E-state index contributed by atoms with van der Waals surface area (Å²) in [6.07, 6.45) is 1.60. The van der Waals surface area contributed by atoms with Crippen LogP contribution < -0.4 is 10.9 Å². The highest BCUT2D eigenvalue weighted by molar-refractivity contribution is 7.10. The van der Waals surface area contributed by atoms with Gasteiger partial charge >= 0.3 is 0 Å². The van der Waals surface area contributed by atoms with Crippen LogP contribution in [-0.4, -0.2) is 36.0 Å². The third kappa shape index (κ3) is 3.80. The molecule has 1 amide bonds. The molecule has 0 aliphatic carbocycles. The maximum absolute atomic E-state index is 12.1. The zero-order valence-electron chi connectivity index (χ0n) is 12.4. The fourth-order valence-corrected chi connectivity index (χ4v) is 2.92. The van der Waals surface area contributed by atoms with Crippen LogP contribution in [0.25, 0.3) is 0 Å². The second-order valence-electron chi connectivity index (χ2n) is 5.07. The van der Waals surface area contributed by atoms with Crippen molar-refractivity contribution in [2.45, 2.75) is 6.04 Å². The molecule has 0 aliphatic rings. The quantitative estimate of drug-likeness (QED) is 0.910. The molecule has 0 saturated heterocycles.